The third kappa shape index (κ3) is 3.35. The van der Waals surface area contributed by atoms with E-state index in [9.17, 15) is 34.8 Å². The van der Waals surface area contributed by atoms with Gasteiger partial charge in [-0.05, 0) is 55.0 Å². The molecule has 1 saturated carbocycles. The van der Waals surface area contributed by atoms with E-state index >= 15 is 0 Å². The van der Waals surface area contributed by atoms with Gasteiger partial charge in [0.2, 0.25) is 5.91 Å². The summed E-state index contributed by atoms with van der Waals surface area (Å²) >= 11 is 0. The van der Waals surface area contributed by atoms with Crippen LogP contribution in [0.25, 0.3) is 0 Å². The van der Waals surface area contributed by atoms with Gasteiger partial charge in [-0.15, -0.1) is 0 Å². The largest absolute Gasteiger partial charge is 0.508 e. The van der Waals surface area contributed by atoms with Crippen molar-refractivity contribution in [1.82, 2.24) is 0 Å². The number of hydrogen-bond donors (Lipinski definition) is 5. The first kappa shape index (κ1) is 22.8. The zero-order valence-corrected chi connectivity index (χ0v) is 18.6. The zero-order chi connectivity index (χ0) is 25.1. The predicted octanol–water partition coefficient (Wildman–Crippen LogP) is 1.15. The lowest BCUT2D eigenvalue weighted by atomic mass is 9.57. The number of fused-ring (bicyclic) bond motifs is 3. The van der Waals surface area contributed by atoms with E-state index in [1.165, 1.54) is 6.07 Å². The highest BCUT2D eigenvalue weighted by Crippen LogP contribution is 2.51. The standard InChI is InChI=1S/C27H23NO7/c28-26(34)22-19(30)12-16-10-15-11-17-14(7-6-13-4-2-1-3-5-13)8-9-18(29)21(17)23(31)20(15)24(32)27(16,35)25(22)33/h1-5,8-9,15-16,19,22,29-30,32,35H,10-12H2,(H2,28,34)/t15-,16+,19?,22?,27+/m1/s1. The van der Waals surface area contributed by atoms with Crippen molar-refractivity contribution >= 4 is 17.5 Å². The van der Waals surface area contributed by atoms with Gasteiger partial charge in [-0.25, -0.2) is 0 Å². The van der Waals surface area contributed by atoms with Crippen molar-refractivity contribution < 1.29 is 34.8 Å². The quantitative estimate of drug-likeness (QED) is 0.307. The number of nitrogens with two attached hydrogens (primary N) is 1. The van der Waals surface area contributed by atoms with Gasteiger partial charge in [0.1, 0.15) is 17.4 Å². The first-order chi connectivity index (χ1) is 16.6. The van der Waals surface area contributed by atoms with Gasteiger partial charge in [0.05, 0.1) is 11.7 Å². The molecular formula is C27H23NO7. The summed E-state index contributed by atoms with van der Waals surface area (Å²) in [5, 5.41) is 43.2. The van der Waals surface area contributed by atoms with E-state index in [2.05, 4.69) is 11.8 Å². The number of carbonyl (C=O) groups is 3. The molecule has 0 heterocycles. The average Bonchev–Trinajstić information content (AvgIpc) is 2.81. The summed E-state index contributed by atoms with van der Waals surface area (Å²) in [6.07, 6.45) is -1.21. The molecule has 3 aliphatic rings. The molecule has 178 valence electrons. The van der Waals surface area contributed by atoms with Crippen LogP contribution in [0, 0.1) is 29.6 Å². The van der Waals surface area contributed by atoms with Crippen molar-refractivity contribution in [1.29, 1.82) is 0 Å². The molecule has 3 aliphatic carbocycles. The van der Waals surface area contributed by atoms with Crippen molar-refractivity contribution in [3.05, 3.63) is 76.1 Å². The summed E-state index contributed by atoms with van der Waals surface area (Å²) in [6, 6.07) is 12.2. The summed E-state index contributed by atoms with van der Waals surface area (Å²) in [5.41, 5.74) is 4.37. The average molecular weight is 473 g/mol. The maximum atomic E-state index is 13.5. The minimum absolute atomic E-state index is 0.0422. The highest BCUT2D eigenvalue weighted by Gasteiger charge is 2.62. The molecule has 0 aliphatic heterocycles. The van der Waals surface area contributed by atoms with E-state index < -0.39 is 52.7 Å². The Labute approximate surface area is 200 Å². The summed E-state index contributed by atoms with van der Waals surface area (Å²) in [4.78, 5) is 38.3. The van der Waals surface area contributed by atoms with Crippen LogP contribution in [0.5, 0.6) is 5.75 Å². The Morgan fingerprint density at radius 1 is 1.03 bits per heavy atom. The van der Waals surface area contributed by atoms with Crippen molar-refractivity contribution in [2.75, 3.05) is 0 Å². The number of carbonyl (C=O) groups excluding carboxylic acids is 3. The maximum Gasteiger partial charge on any atom is 0.230 e. The number of primary amides is 1. The molecule has 5 atom stereocenters. The smallest absolute Gasteiger partial charge is 0.230 e. The number of Topliss-reactive ketones (excluding diaryl/α,β-unsaturated/α-hetero) is 2. The van der Waals surface area contributed by atoms with Gasteiger partial charge in [0.25, 0.3) is 0 Å². The highest BCUT2D eigenvalue weighted by molar-refractivity contribution is 6.15. The number of hydrogen-bond acceptors (Lipinski definition) is 7. The molecule has 8 nitrogen and oxygen atoms in total. The SMILES string of the molecule is NC(=O)C1C(=O)[C@@]2(O)C(O)=C3C(=O)c4c(O)ccc(C#Cc5ccccc5)c4C[C@H]3C[C@H]2CC1O. The molecule has 0 aromatic heterocycles. The van der Waals surface area contributed by atoms with Crippen molar-refractivity contribution in [2.24, 2.45) is 23.5 Å². The second kappa shape index (κ2) is 8.08. The minimum atomic E-state index is -2.52. The molecule has 0 bridgehead atoms. The maximum absolute atomic E-state index is 13.5. The van der Waals surface area contributed by atoms with E-state index in [4.69, 9.17) is 5.73 Å². The van der Waals surface area contributed by atoms with Gasteiger partial charge < -0.3 is 26.2 Å². The number of aromatic hydroxyl groups is 1. The molecule has 2 aromatic rings. The molecule has 8 heteroatoms. The van der Waals surface area contributed by atoms with Crippen LogP contribution in [0.1, 0.15) is 39.9 Å². The molecule has 1 amide bonds. The molecule has 6 N–H and O–H groups in total. The molecule has 1 fully saturated rings. The van der Waals surface area contributed by atoms with E-state index in [-0.39, 0.29) is 36.1 Å². The number of aliphatic hydroxyl groups is 3. The molecule has 0 spiro atoms. The number of amides is 1. The second-order valence-electron chi connectivity index (χ2n) is 9.34. The van der Waals surface area contributed by atoms with Crippen LogP contribution in [0.15, 0.2) is 53.8 Å². The second-order valence-corrected chi connectivity index (χ2v) is 9.34. The molecule has 0 radical (unpaired) electrons. The molecule has 2 aromatic carbocycles. The Morgan fingerprint density at radius 2 is 1.74 bits per heavy atom. The van der Waals surface area contributed by atoms with Crippen molar-refractivity contribution in [3.63, 3.8) is 0 Å². The van der Waals surface area contributed by atoms with Crippen LogP contribution < -0.4 is 5.73 Å². The number of phenolic OH excluding ortho intramolecular Hbond substituents is 1. The van der Waals surface area contributed by atoms with Crippen molar-refractivity contribution in [3.8, 4) is 17.6 Å². The fraction of sp³-hybridized carbons (Fsp3) is 0.296. The van der Waals surface area contributed by atoms with Crippen molar-refractivity contribution in [2.45, 2.75) is 31.0 Å². The zero-order valence-electron chi connectivity index (χ0n) is 18.6. The van der Waals surface area contributed by atoms with Crippen LogP contribution >= 0.6 is 0 Å². The molecule has 5 rings (SSSR count). The number of aliphatic hydroxyl groups excluding tert-OH is 2. The Morgan fingerprint density at radius 3 is 2.43 bits per heavy atom. The Hall–Kier alpha value is -3.93. The molecule has 2 unspecified atom stereocenters. The van der Waals surface area contributed by atoms with Crippen LogP contribution in [0.3, 0.4) is 0 Å². The summed E-state index contributed by atoms with van der Waals surface area (Å²) in [6.45, 7) is 0. The van der Waals surface area contributed by atoms with Gasteiger partial charge in [-0.2, -0.15) is 0 Å². The van der Waals surface area contributed by atoms with Gasteiger partial charge in [-0.3, -0.25) is 14.4 Å². The monoisotopic (exact) mass is 473 g/mol. The third-order valence-corrected chi connectivity index (χ3v) is 7.39. The van der Waals surface area contributed by atoms with E-state index in [1.807, 2.05) is 30.3 Å². The highest BCUT2D eigenvalue weighted by atomic mass is 16.3. The lowest BCUT2D eigenvalue weighted by Gasteiger charge is -2.48. The summed E-state index contributed by atoms with van der Waals surface area (Å²) in [5.74, 6) is -1.19. The Balaban J connectivity index is 1.62. The lowest BCUT2D eigenvalue weighted by molar-refractivity contribution is -0.167. The Bertz CT molecular complexity index is 1370. The molecular weight excluding hydrogens is 450 g/mol. The van der Waals surface area contributed by atoms with Gasteiger partial charge >= 0.3 is 0 Å². The van der Waals surface area contributed by atoms with Crippen LogP contribution in [-0.2, 0) is 16.0 Å². The van der Waals surface area contributed by atoms with Crippen LogP contribution in [0.4, 0.5) is 0 Å². The molecule has 35 heavy (non-hydrogen) atoms. The number of phenols is 1. The van der Waals surface area contributed by atoms with E-state index in [0.29, 0.717) is 11.1 Å². The number of benzene rings is 2. The van der Waals surface area contributed by atoms with Crippen LogP contribution in [0.2, 0.25) is 0 Å². The number of allylic oxidation sites excluding steroid dienone is 1. The van der Waals surface area contributed by atoms with Crippen LogP contribution in [-0.4, -0.2) is 49.6 Å². The summed E-state index contributed by atoms with van der Waals surface area (Å²) < 4.78 is 0. The van der Waals surface area contributed by atoms with Gasteiger partial charge in [-0.1, -0.05) is 30.0 Å². The number of ketones is 2. The first-order valence-corrected chi connectivity index (χ1v) is 11.3. The fourth-order valence-electron chi connectivity index (χ4n) is 5.71. The topological polar surface area (TPSA) is 158 Å². The fourth-order valence-corrected chi connectivity index (χ4v) is 5.71. The lowest BCUT2D eigenvalue weighted by Crippen LogP contribution is -2.63. The first-order valence-electron chi connectivity index (χ1n) is 11.3. The molecule has 0 saturated heterocycles. The van der Waals surface area contributed by atoms with Gasteiger partial charge in [0, 0.05) is 22.6 Å². The van der Waals surface area contributed by atoms with Gasteiger partial charge in [0.15, 0.2) is 17.2 Å². The van der Waals surface area contributed by atoms with E-state index in [1.54, 1.807) is 6.07 Å². The predicted molar refractivity (Wildman–Crippen MR) is 123 cm³/mol. The normalized spacial score (nSPS) is 29.4. The third-order valence-electron chi connectivity index (χ3n) is 7.39. The number of rotatable bonds is 1. The van der Waals surface area contributed by atoms with E-state index in [0.717, 1.165) is 5.56 Å². The summed E-state index contributed by atoms with van der Waals surface area (Å²) in [7, 11) is 0. The Kier molecular flexibility index (Phi) is 5.28. The minimum Gasteiger partial charge on any atom is -0.508 e.